The first-order valence-electron chi connectivity index (χ1n) is 10.7. The third-order valence-corrected chi connectivity index (χ3v) is 6.75. The minimum absolute atomic E-state index is 0.0609. The molecule has 0 saturated carbocycles. The molecule has 5 nitrogen and oxygen atoms in total. The zero-order valence-corrected chi connectivity index (χ0v) is 24.3. The first-order valence-corrected chi connectivity index (χ1v) is 19.3. The number of aliphatic hydroxyl groups excluding tert-OH is 2. The number of aliphatic hydroxyl groups is 2. The van der Waals surface area contributed by atoms with Gasteiger partial charge in [0.25, 0.3) is 10.1 Å². The van der Waals surface area contributed by atoms with Gasteiger partial charge in [0, 0.05) is 6.04 Å². The van der Waals surface area contributed by atoms with Crippen LogP contribution in [0.2, 0.25) is 45.3 Å². The van der Waals surface area contributed by atoms with Gasteiger partial charge in [-0.1, -0.05) is 86.6 Å². The lowest BCUT2D eigenvalue weighted by atomic mass is 10.2. The average molecular weight is 519 g/mol. The lowest BCUT2D eigenvalue weighted by Crippen LogP contribution is -2.17. The van der Waals surface area contributed by atoms with Crippen LogP contribution in [-0.2, 0) is 14.3 Å². The molecule has 0 aliphatic heterocycles. The quantitative estimate of drug-likeness (QED) is 0.359. The van der Waals surface area contributed by atoms with Crippen molar-refractivity contribution in [3.63, 3.8) is 0 Å². The van der Waals surface area contributed by atoms with Crippen LogP contribution in [0.4, 0.5) is 0 Å². The standard InChI is InChI=1S/C11H12O4S.C9H14OSi.C6H12Si/c1-10-4-6-11(7-5-10)16(13,14)15-9-3-2-8-12;1-11(2,3)9-7-5-4-6-8-10;1-5-6-7(2,3)4/h4-7,12H,8-9H2,1H3;10H,5,8H2,1-3H3;1H,6H2,2-4H3. The maximum absolute atomic E-state index is 11.6. The molecule has 0 heterocycles. The van der Waals surface area contributed by atoms with Crippen LogP contribution >= 0.6 is 0 Å². The Morgan fingerprint density at radius 3 is 1.82 bits per heavy atom. The van der Waals surface area contributed by atoms with Crippen molar-refractivity contribution in [3.05, 3.63) is 29.8 Å². The Morgan fingerprint density at radius 1 is 0.882 bits per heavy atom. The molecule has 0 amide bonds. The van der Waals surface area contributed by atoms with Crippen molar-refractivity contribution in [2.24, 2.45) is 0 Å². The van der Waals surface area contributed by atoms with Gasteiger partial charge in [-0.3, -0.25) is 4.18 Å². The van der Waals surface area contributed by atoms with E-state index in [0.717, 1.165) is 11.6 Å². The number of hydrogen-bond acceptors (Lipinski definition) is 5. The Bertz CT molecular complexity index is 1040. The number of benzene rings is 1. The van der Waals surface area contributed by atoms with Gasteiger partial charge in [0.2, 0.25) is 0 Å². The van der Waals surface area contributed by atoms with E-state index >= 15 is 0 Å². The van der Waals surface area contributed by atoms with Crippen LogP contribution in [-0.4, -0.2) is 54.6 Å². The molecule has 34 heavy (non-hydrogen) atoms. The van der Waals surface area contributed by atoms with Crippen molar-refractivity contribution < 1.29 is 22.8 Å². The van der Waals surface area contributed by atoms with E-state index in [1.54, 1.807) is 12.1 Å². The van der Waals surface area contributed by atoms with Crippen molar-refractivity contribution in [1.82, 2.24) is 0 Å². The Kier molecular flexibility index (Phi) is 18.0. The fraction of sp³-hybridized carbons (Fsp3) is 0.462. The lowest BCUT2D eigenvalue weighted by Gasteiger charge is -2.08. The maximum Gasteiger partial charge on any atom is 0.297 e. The van der Waals surface area contributed by atoms with E-state index in [9.17, 15) is 8.42 Å². The molecule has 1 aromatic rings. The monoisotopic (exact) mass is 518 g/mol. The summed E-state index contributed by atoms with van der Waals surface area (Å²) in [6.07, 6.45) is 5.69. The van der Waals surface area contributed by atoms with E-state index in [0.29, 0.717) is 6.42 Å². The Labute approximate surface area is 209 Å². The van der Waals surface area contributed by atoms with Crippen molar-refractivity contribution in [1.29, 1.82) is 0 Å². The zero-order valence-electron chi connectivity index (χ0n) is 21.4. The van der Waals surface area contributed by atoms with E-state index in [4.69, 9.17) is 16.6 Å². The predicted octanol–water partition coefficient (Wildman–Crippen LogP) is 3.91. The summed E-state index contributed by atoms with van der Waals surface area (Å²) in [5.41, 5.74) is 4.16. The Morgan fingerprint density at radius 2 is 1.41 bits per heavy atom. The normalized spacial score (nSPS) is 10.1. The fourth-order valence-electron chi connectivity index (χ4n) is 1.77. The molecule has 0 unspecified atom stereocenters. The predicted molar refractivity (Wildman–Crippen MR) is 147 cm³/mol. The van der Waals surface area contributed by atoms with Crippen LogP contribution in [0.5, 0.6) is 0 Å². The second kappa shape index (κ2) is 18.1. The summed E-state index contributed by atoms with van der Waals surface area (Å²) in [6.45, 7) is 14.6. The molecule has 0 aromatic heterocycles. The lowest BCUT2D eigenvalue weighted by molar-refractivity contribution is 0.347. The molecule has 1 aromatic carbocycles. The van der Waals surface area contributed by atoms with Gasteiger partial charge in [-0.15, -0.1) is 17.9 Å². The number of terminal acetylenes is 1. The highest BCUT2D eigenvalue weighted by atomic mass is 32.2. The molecule has 0 saturated heterocycles. The van der Waals surface area contributed by atoms with Crippen LogP contribution in [0.1, 0.15) is 12.0 Å². The van der Waals surface area contributed by atoms with Gasteiger partial charge in [0.05, 0.1) is 19.4 Å². The molecule has 0 radical (unpaired) electrons. The van der Waals surface area contributed by atoms with Gasteiger partial charge < -0.3 is 10.2 Å². The van der Waals surface area contributed by atoms with Crippen molar-refractivity contribution >= 4 is 26.3 Å². The molecule has 1 rings (SSSR count). The number of hydrogen-bond donors (Lipinski definition) is 2. The molecule has 0 spiro atoms. The molecule has 2 N–H and O–H groups in total. The fourth-order valence-corrected chi connectivity index (χ4v) is 3.82. The van der Waals surface area contributed by atoms with Crippen LogP contribution in [0.3, 0.4) is 0 Å². The van der Waals surface area contributed by atoms with E-state index < -0.39 is 26.3 Å². The van der Waals surface area contributed by atoms with Gasteiger partial charge >= 0.3 is 0 Å². The minimum Gasteiger partial charge on any atom is -0.384 e. The second-order valence-corrected chi connectivity index (χ2v) is 21.1. The van der Waals surface area contributed by atoms with Gasteiger partial charge in [0.15, 0.2) is 0 Å². The molecular formula is C26H38O5SSi2. The van der Waals surface area contributed by atoms with Gasteiger partial charge in [0.1, 0.15) is 27.9 Å². The molecule has 186 valence electrons. The van der Waals surface area contributed by atoms with Crippen LogP contribution in [0.15, 0.2) is 29.2 Å². The molecule has 0 aliphatic rings. The SMILES string of the molecule is C#CC[Si](C)(C)C.C[Si](C)(C)C#CCC#CCO.Cc1ccc(S(=O)(=O)OCC#CCO)cc1. The summed E-state index contributed by atoms with van der Waals surface area (Å²) in [5.74, 6) is 15.6. The molecule has 0 bridgehead atoms. The highest BCUT2D eigenvalue weighted by Gasteiger charge is 2.13. The number of rotatable bonds is 4. The third-order valence-electron chi connectivity index (χ3n) is 3.28. The van der Waals surface area contributed by atoms with E-state index in [1.807, 2.05) is 6.92 Å². The van der Waals surface area contributed by atoms with E-state index in [-0.39, 0.29) is 24.7 Å². The summed E-state index contributed by atoms with van der Waals surface area (Å²) in [7, 11) is -5.84. The zero-order chi connectivity index (χ0) is 26.7. The average Bonchev–Trinajstić information content (AvgIpc) is 2.71. The van der Waals surface area contributed by atoms with Crippen LogP contribution < -0.4 is 0 Å². The summed E-state index contributed by atoms with van der Waals surface area (Å²) < 4.78 is 27.8. The first-order chi connectivity index (χ1) is 15.7. The van der Waals surface area contributed by atoms with E-state index in [1.165, 1.54) is 12.1 Å². The molecular weight excluding hydrogens is 481 g/mol. The molecule has 0 fully saturated rings. The molecule has 8 heteroatoms. The van der Waals surface area contributed by atoms with Crippen molar-refractivity contribution in [2.45, 2.75) is 63.6 Å². The van der Waals surface area contributed by atoms with Crippen molar-refractivity contribution in [3.8, 4) is 47.5 Å². The molecule has 0 aliphatic carbocycles. The summed E-state index contributed by atoms with van der Waals surface area (Å²) in [5, 5.41) is 16.7. The van der Waals surface area contributed by atoms with Crippen molar-refractivity contribution in [2.75, 3.05) is 19.8 Å². The topological polar surface area (TPSA) is 83.8 Å². The van der Waals surface area contributed by atoms with Crippen LogP contribution in [0.25, 0.3) is 0 Å². The maximum atomic E-state index is 11.6. The minimum atomic E-state index is -3.74. The summed E-state index contributed by atoms with van der Waals surface area (Å²) in [4.78, 5) is 0.101. The second-order valence-electron chi connectivity index (χ2n) is 9.22. The van der Waals surface area contributed by atoms with E-state index in [2.05, 4.69) is 84.5 Å². The summed E-state index contributed by atoms with van der Waals surface area (Å²) >= 11 is 0. The van der Waals surface area contributed by atoms with Crippen LogP contribution in [0, 0.1) is 54.4 Å². The largest absolute Gasteiger partial charge is 0.384 e. The van der Waals surface area contributed by atoms with Gasteiger partial charge in [-0.25, -0.2) is 0 Å². The summed E-state index contributed by atoms with van der Waals surface area (Å²) in [6, 6.07) is 7.34. The Balaban J connectivity index is 0. The third kappa shape index (κ3) is 22.9. The number of aryl methyl sites for hydroxylation is 1. The van der Waals surface area contributed by atoms with Gasteiger partial charge in [-0.2, -0.15) is 8.42 Å². The highest BCUT2D eigenvalue weighted by Crippen LogP contribution is 2.12. The Hall–Kier alpha value is -2.28. The first kappa shape index (κ1) is 33.9. The molecule has 0 atom stereocenters. The smallest absolute Gasteiger partial charge is 0.297 e. The highest BCUT2D eigenvalue weighted by molar-refractivity contribution is 7.86. The van der Waals surface area contributed by atoms with Gasteiger partial charge in [-0.05, 0) is 19.1 Å².